The van der Waals surface area contributed by atoms with Crippen molar-refractivity contribution in [3.8, 4) is 0 Å². The molecule has 0 nitrogen and oxygen atoms in total. The number of fused-ring (bicyclic) bond motifs is 1. The molecule has 0 fully saturated rings. The van der Waals surface area contributed by atoms with E-state index in [9.17, 15) is 13.2 Å². The van der Waals surface area contributed by atoms with E-state index in [4.69, 9.17) is 0 Å². The lowest BCUT2D eigenvalue weighted by Crippen LogP contribution is -2.19. The second kappa shape index (κ2) is 6.27. The van der Waals surface area contributed by atoms with Gasteiger partial charge < -0.3 is 0 Å². The van der Waals surface area contributed by atoms with Crippen molar-refractivity contribution in [3.05, 3.63) is 40.7 Å². The van der Waals surface area contributed by atoms with E-state index in [1.165, 1.54) is 12.1 Å². The standard InChI is InChI=1S/C16H19F3/c1-2-3-4-5-7-12-10-11-8-6-9-13(17)14(11)16(19)15(12)18/h6,8-10,15-16H,2-5,7H2,1H3. The first-order valence-corrected chi connectivity index (χ1v) is 6.92. The Kier molecular flexibility index (Phi) is 4.67. The van der Waals surface area contributed by atoms with Crippen LogP contribution in [0, 0.1) is 5.82 Å². The van der Waals surface area contributed by atoms with Gasteiger partial charge in [-0.25, -0.2) is 13.2 Å². The van der Waals surface area contributed by atoms with E-state index in [0.717, 1.165) is 25.7 Å². The highest BCUT2D eigenvalue weighted by Crippen LogP contribution is 2.39. The Hall–Kier alpha value is -1.25. The highest BCUT2D eigenvalue weighted by atomic mass is 19.2. The lowest BCUT2D eigenvalue weighted by molar-refractivity contribution is 0.187. The zero-order chi connectivity index (χ0) is 13.8. The molecule has 0 bridgehead atoms. The smallest absolute Gasteiger partial charge is 0.163 e. The van der Waals surface area contributed by atoms with Crippen molar-refractivity contribution in [2.24, 2.45) is 0 Å². The molecule has 0 amide bonds. The van der Waals surface area contributed by atoms with Gasteiger partial charge in [0.1, 0.15) is 5.82 Å². The van der Waals surface area contributed by atoms with Gasteiger partial charge in [0, 0.05) is 5.56 Å². The van der Waals surface area contributed by atoms with E-state index in [1.807, 2.05) is 0 Å². The first-order valence-electron chi connectivity index (χ1n) is 6.92. The van der Waals surface area contributed by atoms with Crippen molar-refractivity contribution in [2.75, 3.05) is 0 Å². The van der Waals surface area contributed by atoms with Gasteiger partial charge in [-0.1, -0.05) is 44.4 Å². The maximum atomic E-state index is 14.0. The first kappa shape index (κ1) is 14.2. The van der Waals surface area contributed by atoms with Gasteiger partial charge in [-0.3, -0.25) is 0 Å². The van der Waals surface area contributed by atoms with Crippen LogP contribution in [0.5, 0.6) is 0 Å². The number of halogens is 3. The zero-order valence-electron chi connectivity index (χ0n) is 11.1. The number of alkyl halides is 2. The van der Waals surface area contributed by atoms with Crippen LogP contribution in [-0.2, 0) is 0 Å². The molecule has 0 radical (unpaired) electrons. The van der Waals surface area contributed by atoms with Crippen molar-refractivity contribution >= 4 is 6.08 Å². The Morgan fingerprint density at radius 1 is 1.05 bits per heavy atom. The third-order valence-corrected chi connectivity index (χ3v) is 3.63. The second-order valence-corrected chi connectivity index (χ2v) is 5.08. The molecule has 0 heterocycles. The van der Waals surface area contributed by atoms with Crippen LogP contribution in [0.4, 0.5) is 13.2 Å². The Balaban J connectivity index is 2.16. The summed E-state index contributed by atoms with van der Waals surface area (Å²) in [5.41, 5.74) is 0.806. The molecular weight excluding hydrogens is 249 g/mol. The minimum Gasteiger partial charge on any atom is -0.239 e. The summed E-state index contributed by atoms with van der Waals surface area (Å²) in [6.45, 7) is 2.11. The monoisotopic (exact) mass is 268 g/mol. The van der Waals surface area contributed by atoms with E-state index < -0.39 is 18.2 Å². The Morgan fingerprint density at radius 3 is 2.58 bits per heavy atom. The summed E-state index contributed by atoms with van der Waals surface area (Å²) in [5, 5.41) is 0. The topological polar surface area (TPSA) is 0 Å². The molecule has 2 rings (SSSR count). The summed E-state index contributed by atoms with van der Waals surface area (Å²) >= 11 is 0. The third kappa shape index (κ3) is 3.02. The zero-order valence-corrected chi connectivity index (χ0v) is 11.1. The first-order chi connectivity index (χ1) is 9.15. The molecule has 0 aromatic heterocycles. The summed E-state index contributed by atoms with van der Waals surface area (Å²) in [5.74, 6) is -0.658. The summed E-state index contributed by atoms with van der Waals surface area (Å²) < 4.78 is 41.5. The molecular formula is C16H19F3. The van der Waals surface area contributed by atoms with Crippen molar-refractivity contribution < 1.29 is 13.2 Å². The quantitative estimate of drug-likeness (QED) is 0.615. The number of hydrogen-bond donors (Lipinski definition) is 0. The average molecular weight is 268 g/mol. The molecule has 19 heavy (non-hydrogen) atoms. The molecule has 1 aliphatic carbocycles. The van der Waals surface area contributed by atoms with E-state index in [1.54, 1.807) is 12.1 Å². The number of hydrogen-bond acceptors (Lipinski definition) is 0. The van der Waals surface area contributed by atoms with Gasteiger partial charge in [0.2, 0.25) is 0 Å². The molecule has 3 heteroatoms. The molecule has 1 aromatic carbocycles. The van der Waals surface area contributed by atoms with Gasteiger partial charge >= 0.3 is 0 Å². The van der Waals surface area contributed by atoms with Crippen LogP contribution in [0.3, 0.4) is 0 Å². The van der Waals surface area contributed by atoms with Gasteiger partial charge in [-0.05, 0) is 30.0 Å². The third-order valence-electron chi connectivity index (χ3n) is 3.63. The van der Waals surface area contributed by atoms with Crippen LogP contribution < -0.4 is 0 Å². The molecule has 2 unspecified atom stereocenters. The van der Waals surface area contributed by atoms with Gasteiger partial charge in [-0.15, -0.1) is 0 Å². The van der Waals surface area contributed by atoms with Crippen LogP contribution >= 0.6 is 0 Å². The Labute approximate surface area is 112 Å². The van der Waals surface area contributed by atoms with Crippen LogP contribution in [0.1, 0.15) is 56.3 Å². The predicted octanol–water partition coefficient (Wildman–Crippen LogP) is 5.54. The van der Waals surface area contributed by atoms with Crippen LogP contribution in [0.25, 0.3) is 6.08 Å². The molecule has 0 aliphatic heterocycles. The molecule has 1 aromatic rings. The van der Waals surface area contributed by atoms with Crippen LogP contribution in [-0.4, -0.2) is 6.17 Å². The predicted molar refractivity (Wildman–Crippen MR) is 71.9 cm³/mol. The van der Waals surface area contributed by atoms with Crippen LogP contribution in [0.2, 0.25) is 0 Å². The fourth-order valence-corrected chi connectivity index (χ4v) is 2.55. The highest BCUT2D eigenvalue weighted by molar-refractivity contribution is 5.62. The highest BCUT2D eigenvalue weighted by Gasteiger charge is 2.33. The van der Waals surface area contributed by atoms with Crippen molar-refractivity contribution in [3.63, 3.8) is 0 Å². The van der Waals surface area contributed by atoms with Crippen LogP contribution in [0.15, 0.2) is 23.8 Å². The number of unbranched alkanes of at least 4 members (excludes halogenated alkanes) is 3. The summed E-state index contributed by atoms with van der Waals surface area (Å²) in [4.78, 5) is 0. The SMILES string of the molecule is CCCCCCC1=Cc2cccc(F)c2C(F)C1F. The summed E-state index contributed by atoms with van der Waals surface area (Å²) in [6.07, 6.45) is 2.69. The second-order valence-electron chi connectivity index (χ2n) is 5.08. The number of rotatable bonds is 5. The lowest BCUT2D eigenvalue weighted by Gasteiger charge is -2.24. The maximum absolute atomic E-state index is 14.0. The van der Waals surface area contributed by atoms with E-state index >= 15 is 0 Å². The lowest BCUT2D eigenvalue weighted by atomic mass is 9.86. The minimum absolute atomic E-state index is 0.132. The molecule has 0 saturated carbocycles. The maximum Gasteiger partial charge on any atom is 0.163 e. The Bertz CT molecular complexity index is 465. The normalized spacial score (nSPS) is 22.0. The van der Waals surface area contributed by atoms with Crippen molar-refractivity contribution in [1.29, 1.82) is 0 Å². The van der Waals surface area contributed by atoms with Gasteiger partial charge in [0.25, 0.3) is 0 Å². The van der Waals surface area contributed by atoms with E-state index in [2.05, 4.69) is 6.92 Å². The number of allylic oxidation sites excluding steroid dienone is 1. The molecule has 2 atom stereocenters. The average Bonchev–Trinajstić information content (AvgIpc) is 2.40. The molecule has 104 valence electrons. The largest absolute Gasteiger partial charge is 0.239 e. The molecule has 0 spiro atoms. The molecule has 0 N–H and O–H groups in total. The van der Waals surface area contributed by atoms with E-state index in [-0.39, 0.29) is 5.56 Å². The Morgan fingerprint density at radius 2 is 1.84 bits per heavy atom. The number of benzene rings is 1. The van der Waals surface area contributed by atoms with Gasteiger partial charge in [0.15, 0.2) is 12.3 Å². The molecule has 1 aliphatic rings. The van der Waals surface area contributed by atoms with Gasteiger partial charge in [-0.2, -0.15) is 0 Å². The van der Waals surface area contributed by atoms with Gasteiger partial charge in [0.05, 0.1) is 0 Å². The fraction of sp³-hybridized carbons (Fsp3) is 0.500. The summed E-state index contributed by atoms with van der Waals surface area (Å²) in [7, 11) is 0. The molecule has 0 saturated heterocycles. The van der Waals surface area contributed by atoms with Crippen molar-refractivity contribution in [2.45, 2.75) is 51.4 Å². The minimum atomic E-state index is -1.87. The van der Waals surface area contributed by atoms with Crippen molar-refractivity contribution in [1.82, 2.24) is 0 Å². The fourth-order valence-electron chi connectivity index (χ4n) is 2.55. The summed E-state index contributed by atoms with van der Waals surface area (Å²) in [6, 6.07) is 4.35. The van der Waals surface area contributed by atoms with E-state index in [0.29, 0.717) is 17.6 Å².